The van der Waals surface area contributed by atoms with Crippen molar-refractivity contribution < 1.29 is 37.9 Å². The standard InChI is InChI=1S/C17H19O4P.Li/c1-11-7-5-6-8-15(11)22-17(18)16-13(20-3)9-12(19-2)10-14(16)21-4;/h5-10,22H,1-4H3;/q;+1. The van der Waals surface area contributed by atoms with Crippen LogP contribution in [-0.2, 0) is 0 Å². The molecule has 4 nitrogen and oxygen atoms in total. The smallest absolute Gasteiger partial charge is 0.496 e. The number of ether oxygens (including phenoxy) is 3. The molecule has 0 aliphatic rings. The summed E-state index contributed by atoms with van der Waals surface area (Å²) < 4.78 is 15.9. The second-order valence-corrected chi connectivity index (χ2v) is 5.92. The summed E-state index contributed by atoms with van der Waals surface area (Å²) in [6.07, 6.45) is 0. The summed E-state index contributed by atoms with van der Waals surface area (Å²) in [5.74, 6) is 1.51. The van der Waals surface area contributed by atoms with Gasteiger partial charge in [-0.15, -0.1) is 0 Å². The van der Waals surface area contributed by atoms with E-state index in [1.165, 1.54) is 14.2 Å². The number of benzene rings is 2. The van der Waals surface area contributed by atoms with Crippen LogP contribution in [0.25, 0.3) is 0 Å². The van der Waals surface area contributed by atoms with Crippen LogP contribution in [0, 0.1) is 6.92 Å². The van der Waals surface area contributed by atoms with Gasteiger partial charge >= 0.3 is 18.9 Å². The van der Waals surface area contributed by atoms with Gasteiger partial charge in [0.25, 0.3) is 0 Å². The van der Waals surface area contributed by atoms with E-state index in [1.807, 2.05) is 31.2 Å². The molecule has 0 spiro atoms. The molecule has 0 amide bonds. The summed E-state index contributed by atoms with van der Waals surface area (Å²) in [5, 5.41) is 1.02. The van der Waals surface area contributed by atoms with Crippen LogP contribution in [0.5, 0.6) is 17.2 Å². The molecule has 1 atom stereocenters. The number of rotatable bonds is 6. The molecular weight excluding hydrogens is 306 g/mol. The van der Waals surface area contributed by atoms with E-state index in [1.54, 1.807) is 19.2 Å². The third-order valence-electron chi connectivity index (χ3n) is 3.34. The minimum absolute atomic E-state index is 0. The summed E-state index contributed by atoms with van der Waals surface area (Å²) >= 11 is 0. The molecule has 0 aromatic heterocycles. The molecular formula is C17H19LiO4P+. The van der Waals surface area contributed by atoms with Crippen molar-refractivity contribution in [2.24, 2.45) is 0 Å². The van der Waals surface area contributed by atoms with E-state index >= 15 is 0 Å². The average molecular weight is 325 g/mol. The number of methoxy groups -OCH3 is 3. The topological polar surface area (TPSA) is 44.8 Å². The first-order chi connectivity index (χ1) is 10.6. The van der Waals surface area contributed by atoms with Crippen LogP contribution in [0.3, 0.4) is 0 Å². The summed E-state index contributed by atoms with van der Waals surface area (Å²) in [6, 6.07) is 11.2. The Kier molecular flexibility index (Phi) is 7.65. The maximum absolute atomic E-state index is 12.7. The van der Waals surface area contributed by atoms with Gasteiger partial charge in [0.1, 0.15) is 22.8 Å². The van der Waals surface area contributed by atoms with Crippen LogP contribution in [0.1, 0.15) is 15.9 Å². The molecule has 0 aliphatic heterocycles. The van der Waals surface area contributed by atoms with Gasteiger partial charge in [-0.05, 0) is 26.4 Å². The van der Waals surface area contributed by atoms with Crippen LogP contribution in [0.15, 0.2) is 36.4 Å². The van der Waals surface area contributed by atoms with Crippen LogP contribution in [0.2, 0.25) is 0 Å². The normalized spacial score (nSPS) is 10.3. The molecule has 0 radical (unpaired) electrons. The fourth-order valence-electron chi connectivity index (χ4n) is 2.13. The van der Waals surface area contributed by atoms with E-state index in [2.05, 4.69) is 0 Å². The first kappa shape index (κ1) is 19.6. The average Bonchev–Trinajstić information content (AvgIpc) is 2.55. The molecule has 23 heavy (non-hydrogen) atoms. The van der Waals surface area contributed by atoms with Crippen molar-refractivity contribution >= 4 is 19.4 Å². The Morgan fingerprint density at radius 2 is 1.52 bits per heavy atom. The van der Waals surface area contributed by atoms with E-state index in [0.717, 1.165) is 10.9 Å². The summed E-state index contributed by atoms with van der Waals surface area (Å²) in [6.45, 7) is 2.00. The number of aryl methyl sites for hydroxylation is 1. The summed E-state index contributed by atoms with van der Waals surface area (Å²) in [5.41, 5.74) is 1.53. The van der Waals surface area contributed by atoms with Crippen molar-refractivity contribution in [1.82, 2.24) is 0 Å². The molecule has 0 N–H and O–H groups in total. The Labute approximate surface area is 150 Å². The summed E-state index contributed by atoms with van der Waals surface area (Å²) in [7, 11) is 4.63. The molecule has 2 rings (SSSR count). The Balaban J connectivity index is 0.00000264. The molecule has 1 unspecified atom stereocenters. The van der Waals surface area contributed by atoms with Gasteiger partial charge in [-0.25, -0.2) is 0 Å². The van der Waals surface area contributed by atoms with Crippen molar-refractivity contribution in [3.05, 3.63) is 47.5 Å². The Morgan fingerprint density at radius 1 is 0.957 bits per heavy atom. The van der Waals surface area contributed by atoms with Crippen molar-refractivity contribution in [2.75, 3.05) is 21.3 Å². The number of hydrogen-bond donors (Lipinski definition) is 0. The van der Waals surface area contributed by atoms with Gasteiger partial charge in [-0.2, -0.15) is 0 Å². The van der Waals surface area contributed by atoms with E-state index < -0.39 is 0 Å². The van der Waals surface area contributed by atoms with Crippen LogP contribution in [-0.4, -0.2) is 26.9 Å². The molecule has 0 bridgehead atoms. The van der Waals surface area contributed by atoms with Gasteiger partial charge < -0.3 is 14.2 Å². The molecule has 2 aromatic carbocycles. The van der Waals surface area contributed by atoms with Gasteiger partial charge in [0, 0.05) is 12.1 Å². The maximum Gasteiger partial charge on any atom is 1.00 e. The third-order valence-corrected chi connectivity index (χ3v) is 4.64. The molecule has 0 aliphatic carbocycles. The van der Waals surface area contributed by atoms with Crippen LogP contribution >= 0.6 is 8.58 Å². The minimum Gasteiger partial charge on any atom is -0.496 e. The largest absolute Gasteiger partial charge is 1.00 e. The third kappa shape index (κ3) is 4.51. The van der Waals surface area contributed by atoms with E-state index in [-0.39, 0.29) is 33.0 Å². The zero-order chi connectivity index (χ0) is 16.1. The fourth-order valence-corrected chi connectivity index (χ4v) is 3.20. The zero-order valence-corrected chi connectivity index (χ0v) is 15.1. The van der Waals surface area contributed by atoms with Crippen molar-refractivity contribution in [3.63, 3.8) is 0 Å². The van der Waals surface area contributed by atoms with Gasteiger partial charge in [0.05, 0.1) is 21.3 Å². The molecule has 0 heterocycles. The van der Waals surface area contributed by atoms with Crippen molar-refractivity contribution in [3.8, 4) is 17.2 Å². The van der Waals surface area contributed by atoms with E-state index in [4.69, 9.17) is 14.2 Å². The number of carbonyl (C=O) groups excluding carboxylic acids is 1. The molecule has 6 heteroatoms. The predicted octanol–water partition coefficient (Wildman–Crippen LogP) is 0.169. The van der Waals surface area contributed by atoms with Gasteiger partial charge in [0.2, 0.25) is 0 Å². The molecule has 116 valence electrons. The summed E-state index contributed by atoms with van der Waals surface area (Å²) in [4.78, 5) is 12.7. The van der Waals surface area contributed by atoms with Crippen LogP contribution < -0.4 is 38.4 Å². The van der Waals surface area contributed by atoms with Crippen molar-refractivity contribution in [2.45, 2.75) is 6.92 Å². The van der Waals surface area contributed by atoms with Gasteiger partial charge in [-0.3, -0.25) is 4.79 Å². The van der Waals surface area contributed by atoms with Gasteiger partial charge in [-0.1, -0.05) is 24.3 Å². The number of hydrogen-bond acceptors (Lipinski definition) is 4. The van der Waals surface area contributed by atoms with E-state index in [0.29, 0.717) is 22.8 Å². The minimum atomic E-state index is -0.0225. The second kappa shape index (κ2) is 8.99. The SMILES string of the molecule is COc1cc(OC)c(C(=O)Pc2ccccc2C)c(OC)c1.[Li+]. The second-order valence-electron chi connectivity index (χ2n) is 4.68. The monoisotopic (exact) mass is 325 g/mol. The molecule has 2 aromatic rings. The Morgan fingerprint density at radius 3 is 2.00 bits per heavy atom. The van der Waals surface area contributed by atoms with E-state index in [9.17, 15) is 4.79 Å². The number of carbonyl (C=O) groups is 1. The zero-order valence-electron chi connectivity index (χ0n) is 14.1. The predicted molar refractivity (Wildman–Crippen MR) is 89.6 cm³/mol. The van der Waals surface area contributed by atoms with Crippen LogP contribution in [0.4, 0.5) is 0 Å². The quantitative estimate of drug-likeness (QED) is 0.561. The molecule has 0 saturated heterocycles. The Bertz CT molecular complexity index is 663. The first-order valence-corrected chi connectivity index (χ1v) is 7.77. The van der Waals surface area contributed by atoms with Crippen molar-refractivity contribution in [1.29, 1.82) is 0 Å². The maximum atomic E-state index is 12.7. The first-order valence-electron chi connectivity index (χ1n) is 6.77. The molecule has 0 fully saturated rings. The Hall–Kier alpha value is -1.46. The van der Waals surface area contributed by atoms with Gasteiger partial charge in [0.15, 0.2) is 5.52 Å². The molecule has 0 saturated carbocycles. The fraction of sp³-hybridized carbons (Fsp3) is 0.235.